The summed E-state index contributed by atoms with van der Waals surface area (Å²) >= 11 is 1.89. The van der Waals surface area contributed by atoms with E-state index in [0.29, 0.717) is 5.25 Å². The number of carbonyl (C=O) groups excluding carboxylic acids is 1. The standard InChI is InChI=1S/C16H24N2OS/c1-3-18-16(15(17)19)10-6-8-13(11-16)20-14-9-5-4-7-12(14)2/h4-5,7,9,13,18H,3,6,8,10-11H2,1-2H3,(H2,17,19). The van der Waals surface area contributed by atoms with Gasteiger partial charge in [-0.05, 0) is 50.8 Å². The first kappa shape index (κ1) is 15.4. The van der Waals surface area contributed by atoms with E-state index in [1.807, 2.05) is 18.7 Å². The van der Waals surface area contributed by atoms with Gasteiger partial charge >= 0.3 is 0 Å². The lowest BCUT2D eigenvalue weighted by Gasteiger charge is -2.39. The summed E-state index contributed by atoms with van der Waals surface area (Å²) in [6.45, 7) is 4.95. The predicted molar refractivity (Wildman–Crippen MR) is 84.9 cm³/mol. The molecular weight excluding hydrogens is 268 g/mol. The van der Waals surface area contributed by atoms with Gasteiger partial charge < -0.3 is 11.1 Å². The van der Waals surface area contributed by atoms with E-state index < -0.39 is 5.54 Å². The molecule has 0 aliphatic heterocycles. The number of rotatable bonds is 5. The Morgan fingerprint density at radius 3 is 2.90 bits per heavy atom. The van der Waals surface area contributed by atoms with Gasteiger partial charge in [0.2, 0.25) is 5.91 Å². The van der Waals surface area contributed by atoms with E-state index >= 15 is 0 Å². The molecular formula is C16H24N2OS. The van der Waals surface area contributed by atoms with Crippen LogP contribution in [0.2, 0.25) is 0 Å². The zero-order valence-corrected chi connectivity index (χ0v) is 13.1. The lowest BCUT2D eigenvalue weighted by atomic mass is 9.80. The molecule has 1 aromatic rings. The molecule has 3 nitrogen and oxygen atoms in total. The second kappa shape index (κ2) is 6.64. The fraction of sp³-hybridized carbons (Fsp3) is 0.562. The molecule has 1 saturated carbocycles. The minimum atomic E-state index is -0.507. The van der Waals surface area contributed by atoms with Crippen LogP contribution in [0.15, 0.2) is 29.2 Å². The monoisotopic (exact) mass is 292 g/mol. The van der Waals surface area contributed by atoms with Gasteiger partial charge in [-0.15, -0.1) is 11.8 Å². The molecule has 3 N–H and O–H groups in total. The van der Waals surface area contributed by atoms with Crippen molar-refractivity contribution in [3.05, 3.63) is 29.8 Å². The van der Waals surface area contributed by atoms with Crippen LogP contribution in [0.4, 0.5) is 0 Å². The van der Waals surface area contributed by atoms with Crippen LogP contribution in [-0.4, -0.2) is 23.2 Å². The van der Waals surface area contributed by atoms with Crippen molar-refractivity contribution in [3.8, 4) is 0 Å². The van der Waals surface area contributed by atoms with Crippen LogP contribution in [0, 0.1) is 6.92 Å². The Hall–Kier alpha value is -1.00. The maximum absolute atomic E-state index is 11.9. The van der Waals surface area contributed by atoms with Gasteiger partial charge in [0.05, 0.1) is 5.54 Å². The average Bonchev–Trinajstić information content (AvgIpc) is 2.42. The fourth-order valence-corrected chi connectivity index (χ4v) is 4.43. The molecule has 0 heterocycles. The van der Waals surface area contributed by atoms with E-state index in [-0.39, 0.29) is 5.91 Å². The molecule has 0 saturated heterocycles. The van der Waals surface area contributed by atoms with E-state index in [1.165, 1.54) is 10.5 Å². The van der Waals surface area contributed by atoms with Gasteiger partial charge in [-0.25, -0.2) is 0 Å². The maximum atomic E-state index is 11.9. The lowest BCUT2D eigenvalue weighted by molar-refractivity contribution is -0.125. The normalized spacial score (nSPS) is 26.4. The summed E-state index contributed by atoms with van der Waals surface area (Å²) in [5.74, 6) is -0.200. The van der Waals surface area contributed by atoms with E-state index in [2.05, 4.69) is 36.5 Å². The number of carbonyl (C=O) groups is 1. The van der Waals surface area contributed by atoms with Crippen molar-refractivity contribution in [2.75, 3.05) is 6.54 Å². The Balaban J connectivity index is 2.10. The summed E-state index contributed by atoms with van der Waals surface area (Å²) in [7, 11) is 0. The van der Waals surface area contributed by atoms with Gasteiger partial charge in [-0.1, -0.05) is 25.1 Å². The number of amides is 1. The number of nitrogens with one attached hydrogen (secondary N) is 1. The first-order valence-corrected chi connectivity index (χ1v) is 8.22. The van der Waals surface area contributed by atoms with Crippen LogP contribution in [-0.2, 0) is 4.79 Å². The summed E-state index contributed by atoms with van der Waals surface area (Å²) in [4.78, 5) is 13.2. The smallest absolute Gasteiger partial charge is 0.237 e. The lowest BCUT2D eigenvalue weighted by Crippen LogP contribution is -2.58. The van der Waals surface area contributed by atoms with Crippen LogP contribution >= 0.6 is 11.8 Å². The van der Waals surface area contributed by atoms with E-state index in [0.717, 1.165) is 32.2 Å². The third kappa shape index (κ3) is 3.36. The second-order valence-corrected chi connectivity index (χ2v) is 6.92. The number of benzene rings is 1. The summed E-state index contributed by atoms with van der Waals surface area (Å²) in [5, 5.41) is 3.79. The zero-order valence-electron chi connectivity index (χ0n) is 12.3. The van der Waals surface area contributed by atoms with E-state index in [4.69, 9.17) is 5.73 Å². The van der Waals surface area contributed by atoms with Gasteiger partial charge in [0.1, 0.15) is 0 Å². The Bertz CT molecular complexity index is 473. The molecule has 0 radical (unpaired) electrons. The Kier molecular flexibility index (Phi) is 5.11. The molecule has 0 aromatic heterocycles. The summed E-state index contributed by atoms with van der Waals surface area (Å²) < 4.78 is 0. The van der Waals surface area contributed by atoms with E-state index in [1.54, 1.807) is 0 Å². The molecule has 1 amide bonds. The molecule has 0 spiro atoms. The third-order valence-electron chi connectivity index (χ3n) is 4.08. The summed E-state index contributed by atoms with van der Waals surface area (Å²) in [6, 6.07) is 8.43. The zero-order chi connectivity index (χ0) is 14.6. The fourth-order valence-electron chi connectivity index (χ4n) is 3.00. The highest BCUT2D eigenvalue weighted by atomic mass is 32.2. The number of hydrogen-bond acceptors (Lipinski definition) is 3. The molecule has 1 aliphatic carbocycles. The van der Waals surface area contributed by atoms with Crippen LogP contribution in [0.25, 0.3) is 0 Å². The molecule has 0 bridgehead atoms. The Morgan fingerprint density at radius 1 is 1.50 bits per heavy atom. The van der Waals surface area contributed by atoms with Gasteiger partial charge in [0.25, 0.3) is 0 Å². The SMILES string of the molecule is CCNC1(C(N)=O)CCCC(Sc2ccccc2C)C1. The number of hydrogen-bond donors (Lipinski definition) is 2. The molecule has 110 valence electrons. The number of likely N-dealkylation sites (N-methyl/N-ethyl adjacent to an activating group) is 1. The highest BCUT2D eigenvalue weighted by Crippen LogP contribution is 2.39. The number of nitrogens with two attached hydrogens (primary N) is 1. The molecule has 1 fully saturated rings. The van der Waals surface area contributed by atoms with Crippen LogP contribution < -0.4 is 11.1 Å². The molecule has 20 heavy (non-hydrogen) atoms. The van der Waals surface area contributed by atoms with Gasteiger partial charge in [-0.2, -0.15) is 0 Å². The van der Waals surface area contributed by atoms with Crippen LogP contribution in [0.5, 0.6) is 0 Å². The topological polar surface area (TPSA) is 55.1 Å². The van der Waals surface area contributed by atoms with Crippen molar-refractivity contribution < 1.29 is 4.79 Å². The Morgan fingerprint density at radius 2 is 2.25 bits per heavy atom. The van der Waals surface area contributed by atoms with Crippen molar-refractivity contribution in [2.45, 2.75) is 55.2 Å². The minimum Gasteiger partial charge on any atom is -0.368 e. The first-order chi connectivity index (χ1) is 9.57. The Labute approximate surface area is 125 Å². The summed E-state index contributed by atoms with van der Waals surface area (Å²) in [5.41, 5.74) is 6.46. The largest absolute Gasteiger partial charge is 0.368 e. The molecule has 4 heteroatoms. The quantitative estimate of drug-likeness (QED) is 0.877. The van der Waals surface area contributed by atoms with Crippen LogP contribution in [0.1, 0.15) is 38.2 Å². The molecule has 2 rings (SSSR count). The van der Waals surface area contributed by atoms with E-state index in [9.17, 15) is 4.79 Å². The molecule has 1 aromatic carbocycles. The van der Waals surface area contributed by atoms with Gasteiger partial charge in [0.15, 0.2) is 0 Å². The van der Waals surface area contributed by atoms with Crippen molar-refractivity contribution in [1.82, 2.24) is 5.32 Å². The minimum absolute atomic E-state index is 0.200. The molecule has 2 unspecified atom stereocenters. The molecule has 2 atom stereocenters. The van der Waals surface area contributed by atoms with Crippen LogP contribution in [0.3, 0.4) is 0 Å². The summed E-state index contributed by atoms with van der Waals surface area (Å²) in [6.07, 6.45) is 3.90. The second-order valence-electron chi connectivity index (χ2n) is 5.58. The van der Waals surface area contributed by atoms with Gasteiger partial charge in [-0.3, -0.25) is 4.79 Å². The maximum Gasteiger partial charge on any atom is 0.237 e. The average molecular weight is 292 g/mol. The van der Waals surface area contributed by atoms with Crippen molar-refractivity contribution in [1.29, 1.82) is 0 Å². The highest BCUT2D eigenvalue weighted by Gasteiger charge is 2.40. The number of aryl methyl sites for hydroxylation is 1. The third-order valence-corrected chi connectivity index (χ3v) is 5.53. The van der Waals surface area contributed by atoms with Crippen molar-refractivity contribution >= 4 is 17.7 Å². The highest BCUT2D eigenvalue weighted by molar-refractivity contribution is 8.00. The predicted octanol–water partition coefficient (Wildman–Crippen LogP) is 2.86. The number of primary amides is 1. The first-order valence-electron chi connectivity index (χ1n) is 7.34. The number of thioether (sulfide) groups is 1. The van der Waals surface area contributed by atoms with Crippen molar-refractivity contribution in [2.24, 2.45) is 5.73 Å². The van der Waals surface area contributed by atoms with Crippen molar-refractivity contribution in [3.63, 3.8) is 0 Å². The van der Waals surface area contributed by atoms with Gasteiger partial charge in [0, 0.05) is 10.1 Å². The molecule has 1 aliphatic rings.